The second-order valence-corrected chi connectivity index (χ2v) is 9.86. The molecule has 7 nitrogen and oxygen atoms in total. The Labute approximate surface area is 200 Å². The number of fused-ring (bicyclic) bond motifs is 3. The van der Waals surface area contributed by atoms with Gasteiger partial charge in [0.25, 0.3) is 0 Å². The first-order chi connectivity index (χ1) is 16.1. The van der Waals surface area contributed by atoms with Crippen LogP contribution >= 0.6 is 0 Å². The van der Waals surface area contributed by atoms with Gasteiger partial charge in [-0.05, 0) is 34.1 Å². The third-order valence-electron chi connectivity index (χ3n) is 6.15. The molecule has 2 amide bonds. The lowest BCUT2D eigenvalue weighted by Gasteiger charge is -2.28. The summed E-state index contributed by atoms with van der Waals surface area (Å²) in [6.07, 6.45) is 0.727. The normalized spacial score (nSPS) is 14.5. The fraction of sp³-hybridized carbons (Fsp3) is 0.444. The van der Waals surface area contributed by atoms with E-state index in [4.69, 9.17) is 4.74 Å². The van der Waals surface area contributed by atoms with Gasteiger partial charge in [-0.15, -0.1) is 0 Å². The molecule has 1 unspecified atom stereocenters. The quantitative estimate of drug-likeness (QED) is 0.497. The molecule has 3 N–H and O–H groups in total. The van der Waals surface area contributed by atoms with E-state index in [0.29, 0.717) is 6.42 Å². The first-order valence-electron chi connectivity index (χ1n) is 11.8. The Morgan fingerprint density at radius 3 is 2.03 bits per heavy atom. The molecule has 1 aliphatic rings. The van der Waals surface area contributed by atoms with Crippen molar-refractivity contribution in [2.24, 2.45) is 5.41 Å². The van der Waals surface area contributed by atoms with E-state index in [0.717, 1.165) is 28.7 Å². The van der Waals surface area contributed by atoms with Crippen LogP contribution in [-0.2, 0) is 14.3 Å². The van der Waals surface area contributed by atoms with Gasteiger partial charge in [0.1, 0.15) is 12.6 Å². The number of hydrogen-bond acceptors (Lipinski definition) is 4. The van der Waals surface area contributed by atoms with Crippen LogP contribution in [0.25, 0.3) is 11.1 Å². The Morgan fingerprint density at radius 2 is 1.53 bits per heavy atom. The molecular weight excluding hydrogens is 432 g/mol. The van der Waals surface area contributed by atoms with Crippen LogP contribution in [0.2, 0.25) is 0 Å². The fourth-order valence-electron chi connectivity index (χ4n) is 4.47. The van der Waals surface area contributed by atoms with Crippen LogP contribution in [0.1, 0.15) is 64.0 Å². The topological polar surface area (TPSA) is 105 Å². The largest absolute Gasteiger partial charge is 0.480 e. The van der Waals surface area contributed by atoms with Gasteiger partial charge in [0.05, 0.1) is 0 Å². The van der Waals surface area contributed by atoms with Gasteiger partial charge in [-0.1, -0.05) is 82.6 Å². The highest BCUT2D eigenvalue weighted by atomic mass is 16.5. The van der Waals surface area contributed by atoms with Gasteiger partial charge < -0.3 is 20.5 Å². The smallest absolute Gasteiger partial charge is 0.407 e. The van der Waals surface area contributed by atoms with E-state index < -0.39 is 35.5 Å². The first-order valence-corrected chi connectivity index (χ1v) is 11.8. The van der Waals surface area contributed by atoms with Crippen LogP contribution < -0.4 is 10.6 Å². The highest BCUT2D eigenvalue weighted by Gasteiger charge is 2.33. The SMILES string of the molecule is CCCC(CC(=O)N[C@@H](C(=O)O)C(C)(C)C)NC(=O)OCC1c2ccccc2-c2ccccc21. The molecule has 0 aromatic heterocycles. The van der Waals surface area contributed by atoms with Crippen molar-refractivity contribution in [1.29, 1.82) is 0 Å². The van der Waals surface area contributed by atoms with Crippen LogP contribution in [0.4, 0.5) is 4.79 Å². The molecular formula is C27H34N2O5. The first kappa shape index (κ1) is 25.3. The lowest BCUT2D eigenvalue weighted by molar-refractivity contribution is -0.145. The minimum atomic E-state index is -1.09. The van der Waals surface area contributed by atoms with Crippen molar-refractivity contribution in [1.82, 2.24) is 10.6 Å². The van der Waals surface area contributed by atoms with E-state index in [2.05, 4.69) is 34.9 Å². The molecule has 0 spiro atoms. The minimum Gasteiger partial charge on any atom is -0.480 e. The van der Waals surface area contributed by atoms with Crippen molar-refractivity contribution in [3.05, 3.63) is 59.7 Å². The minimum absolute atomic E-state index is 0.0160. The van der Waals surface area contributed by atoms with Gasteiger partial charge in [0, 0.05) is 18.4 Å². The molecule has 0 fully saturated rings. The number of benzene rings is 2. The van der Waals surface area contributed by atoms with Crippen molar-refractivity contribution >= 4 is 18.0 Å². The summed E-state index contributed by atoms with van der Waals surface area (Å²) < 4.78 is 5.60. The number of hydrogen-bond donors (Lipinski definition) is 3. The maximum absolute atomic E-state index is 12.6. The van der Waals surface area contributed by atoms with E-state index in [1.807, 2.05) is 31.2 Å². The number of ether oxygens (including phenoxy) is 1. The molecule has 2 aromatic rings. The summed E-state index contributed by atoms with van der Waals surface area (Å²) >= 11 is 0. The number of amides is 2. The summed E-state index contributed by atoms with van der Waals surface area (Å²) in [4.78, 5) is 36.7. The number of alkyl carbamates (subject to hydrolysis) is 1. The van der Waals surface area contributed by atoms with Gasteiger partial charge in [-0.3, -0.25) is 4.79 Å². The predicted molar refractivity (Wildman–Crippen MR) is 131 cm³/mol. The lowest BCUT2D eigenvalue weighted by atomic mass is 9.86. The third kappa shape index (κ3) is 5.95. The van der Waals surface area contributed by atoms with Crippen molar-refractivity contribution in [3.8, 4) is 11.1 Å². The average molecular weight is 467 g/mol. The van der Waals surface area contributed by atoms with Gasteiger partial charge in [-0.2, -0.15) is 0 Å². The van der Waals surface area contributed by atoms with Crippen LogP contribution in [-0.4, -0.2) is 41.8 Å². The molecule has 34 heavy (non-hydrogen) atoms. The molecule has 7 heteroatoms. The Morgan fingerprint density at radius 1 is 0.971 bits per heavy atom. The second-order valence-electron chi connectivity index (χ2n) is 9.86. The van der Waals surface area contributed by atoms with Crippen molar-refractivity contribution in [2.75, 3.05) is 6.61 Å². The molecule has 0 radical (unpaired) electrons. The van der Waals surface area contributed by atoms with Crippen molar-refractivity contribution in [2.45, 2.75) is 65.0 Å². The van der Waals surface area contributed by atoms with Gasteiger partial charge in [-0.25, -0.2) is 9.59 Å². The lowest BCUT2D eigenvalue weighted by Crippen LogP contribution is -2.50. The number of nitrogens with one attached hydrogen (secondary N) is 2. The third-order valence-corrected chi connectivity index (χ3v) is 6.15. The zero-order valence-electron chi connectivity index (χ0n) is 20.3. The number of carbonyl (C=O) groups excluding carboxylic acids is 2. The maximum atomic E-state index is 12.6. The zero-order chi connectivity index (χ0) is 24.9. The monoisotopic (exact) mass is 466 g/mol. The maximum Gasteiger partial charge on any atom is 0.407 e. The molecule has 1 aliphatic carbocycles. The number of rotatable bonds is 9. The Kier molecular flexibility index (Phi) is 7.97. The summed E-state index contributed by atoms with van der Waals surface area (Å²) in [7, 11) is 0. The van der Waals surface area contributed by atoms with E-state index in [1.165, 1.54) is 0 Å². The standard InChI is InChI=1S/C27H34N2O5/c1-5-10-17(15-23(30)29-24(25(31)32)27(2,3)4)28-26(33)34-16-22-20-13-8-6-11-18(20)19-12-7-9-14-21(19)22/h6-9,11-14,17,22,24H,5,10,15-16H2,1-4H3,(H,28,33)(H,29,30)(H,31,32)/t17?,24-/m0/s1. The van der Waals surface area contributed by atoms with Gasteiger partial charge in [0.15, 0.2) is 0 Å². The Hall–Kier alpha value is -3.35. The highest BCUT2D eigenvalue weighted by molar-refractivity contribution is 5.85. The summed E-state index contributed by atoms with van der Waals surface area (Å²) in [5.41, 5.74) is 3.92. The summed E-state index contributed by atoms with van der Waals surface area (Å²) in [5, 5.41) is 14.8. The Balaban J connectivity index is 1.60. The molecule has 0 heterocycles. The van der Waals surface area contributed by atoms with Crippen LogP contribution in [0.3, 0.4) is 0 Å². The summed E-state index contributed by atoms with van der Waals surface area (Å²) in [6, 6.07) is 14.8. The van der Waals surface area contributed by atoms with E-state index in [9.17, 15) is 19.5 Å². The molecule has 0 saturated carbocycles. The average Bonchev–Trinajstić information content (AvgIpc) is 3.09. The number of carbonyl (C=O) groups is 3. The van der Waals surface area contributed by atoms with E-state index >= 15 is 0 Å². The van der Waals surface area contributed by atoms with Crippen LogP contribution in [0.15, 0.2) is 48.5 Å². The zero-order valence-corrected chi connectivity index (χ0v) is 20.3. The number of carboxylic acids is 1. The second kappa shape index (κ2) is 10.7. The molecule has 0 saturated heterocycles. The van der Waals surface area contributed by atoms with Gasteiger partial charge in [0.2, 0.25) is 5.91 Å². The number of carboxylic acid groups (broad SMARTS) is 1. The molecule has 2 aromatic carbocycles. The van der Waals surface area contributed by atoms with E-state index in [-0.39, 0.29) is 18.9 Å². The van der Waals surface area contributed by atoms with Crippen molar-refractivity contribution in [3.63, 3.8) is 0 Å². The van der Waals surface area contributed by atoms with E-state index in [1.54, 1.807) is 20.8 Å². The van der Waals surface area contributed by atoms with Crippen LogP contribution in [0, 0.1) is 5.41 Å². The molecule has 0 aliphatic heterocycles. The highest BCUT2D eigenvalue weighted by Crippen LogP contribution is 2.44. The summed E-state index contributed by atoms with van der Waals surface area (Å²) in [5.74, 6) is -1.55. The molecule has 3 rings (SSSR count). The van der Waals surface area contributed by atoms with Crippen molar-refractivity contribution < 1.29 is 24.2 Å². The number of aliphatic carboxylic acids is 1. The predicted octanol–water partition coefficient (Wildman–Crippen LogP) is 4.70. The summed E-state index contributed by atoms with van der Waals surface area (Å²) in [6.45, 7) is 7.41. The Bertz CT molecular complexity index is 998. The van der Waals surface area contributed by atoms with Crippen LogP contribution in [0.5, 0.6) is 0 Å². The molecule has 182 valence electrons. The van der Waals surface area contributed by atoms with Gasteiger partial charge >= 0.3 is 12.1 Å². The fourth-order valence-corrected chi connectivity index (χ4v) is 4.47. The molecule has 0 bridgehead atoms. The molecule has 2 atom stereocenters.